The van der Waals surface area contributed by atoms with Crippen LogP contribution in [0.2, 0.25) is 0 Å². The lowest BCUT2D eigenvalue weighted by molar-refractivity contribution is 0.0688. The van der Waals surface area contributed by atoms with Gasteiger partial charge < -0.3 is 9.67 Å². The number of carboxylic acid groups (broad SMARTS) is 1. The van der Waals surface area contributed by atoms with E-state index in [1.807, 2.05) is 67.7 Å². The molecule has 146 valence electrons. The first kappa shape index (κ1) is 18.4. The molecule has 5 aromatic rings. The molecule has 5 rings (SSSR count). The first-order chi connectivity index (χ1) is 14.7. The van der Waals surface area contributed by atoms with E-state index in [2.05, 4.69) is 29.6 Å². The summed E-state index contributed by atoms with van der Waals surface area (Å²) in [4.78, 5) is 13.5. The summed E-state index contributed by atoms with van der Waals surface area (Å²) in [6, 6.07) is 28.3. The molecule has 0 amide bonds. The molecule has 0 aliphatic carbocycles. The topological polar surface area (TPSA) is 42.2 Å². The van der Waals surface area contributed by atoms with Gasteiger partial charge in [0.1, 0.15) is 5.69 Å². The number of hydrogen-bond donors (Lipinski definition) is 1. The summed E-state index contributed by atoms with van der Waals surface area (Å²) < 4.78 is 1.80. The number of rotatable bonds is 4. The highest BCUT2D eigenvalue weighted by Crippen LogP contribution is 2.45. The average Bonchev–Trinajstić information content (AvgIpc) is 3.41. The third-order valence-corrected chi connectivity index (χ3v) is 6.38. The Morgan fingerprint density at radius 3 is 2.00 bits per heavy atom. The van der Waals surface area contributed by atoms with Crippen LogP contribution in [0.4, 0.5) is 0 Å². The van der Waals surface area contributed by atoms with Crippen LogP contribution < -0.4 is 0 Å². The monoisotopic (exact) mass is 409 g/mol. The third-order valence-electron chi connectivity index (χ3n) is 5.48. The Labute approximate surface area is 178 Å². The van der Waals surface area contributed by atoms with Crippen molar-refractivity contribution in [2.75, 3.05) is 0 Å². The summed E-state index contributed by atoms with van der Waals surface area (Å²) in [6.45, 7) is 0. The molecule has 0 saturated heterocycles. The van der Waals surface area contributed by atoms with Crippen molar-refractivity contribution in [3.8, 4) is 32.7 Å². The number of thiophene rings is 1. The van der Waals surface area contributed by atoms with Gasteiger partial charge in [0, 0.05) is 39.5 Å². The van der Waals surface area contributed by atoms with Gasteiger partial charge in [-0.3, -0.25) is 0 Å². The molecule has 0 spiro atoms. The Morgan fingerprint density at radius 1 is 0.800 bits per heavy atom. The van der Waals surface area contributed by atoms with E-state index in [0.29, 0.717) is 5.69 Å². The summed E-state index contributed by atoms with van der Waals surface area (Å²) in [5, 5.41) is 13.1. The van der Waals surface area contributed by atoms with Crippen molar-refractivity contribution < 1.29 is 9.90 Å². The van der Waals surface area contributed by atoms with Gasteiger partial charge in [0.25, 0.3) is 0 Å². The molecule has 0 saturated carbocycles. The molecule has 2 aromatic heterocycles. The number of aryl methyl sites for hydroxylation is 1. The Hall–Kier alpha value is -3.63. The van der Waals surface area contributed by atoms with Crippen molar-refractivity contribution in [2.45, 2.75) is 0 Å². The van der Waals surface area contributed by atoms with Gasteiger partial charge in [-0.1, -0.05) is 72.8 Å². The van der Waals surface area contributed by atoms with E-state index >= 15 is 0 Å². The second-order valence-corrected chi connectivity index (χ2v) is 8.13. The van der Waals surface area contributed by atoms with Crippen molar-refractivity contribution in [3.63, 3.8) is 0 Å². The Balaban J connectivity index is 2.01. The lowest BCUT2D eigenvalue weighted by Crippen LogP contribution is -2.05. The molecule has 0 aliphatic heterocycles. The van der Waals surface area contributed by atoms with Crippen LogP contribution >= 0.6 is 11.3 Å². The minimum atomic E-state index is -0.927. The maximum atomic E-state index is 12.3. The number of carbonyl (C=O) groups is 1. The van der Waals surface area contributed by atoms with Crippen molar-refractivity contribution in [3.05, 3.63) is 96.0 Å². The molecule has 30 heavy (non-hydrogen) atoms. The van der Waals surface area contributed by atoms with E-state index in [9.17, 15) is 9.90 Å². The highest BCUT2D eigenvalue weighted by Gasteiger charge is 2.26. The first-order valence-electron chi connectivity index (χ1n) is 9.70. The fourth-order valence-corrected chi connectivity index (χ4v) is 4.97. The Morgan fingerprint density at radius 2 is 1.43 bits per heavy atom. The van der Waals surface area contributed by atoms with Crippen LogP contribution in [0.15, 0.2) is 90.3 Å². The predicted octanol–water partition coefficient (Wildman–Crippen LogP) is 6.94. The highest BCUT2D eigenvalue weighted by atomic mass is 32.1. The van der Waals surface area contributed by atoms with Crippen LogP contribution in [0, 0.1) is 0 Å². The van der Waals surface area contributed by atoms with Gasteiger partial charge >= 0.3 is 5.97 Å². The Bertz CT molecular complexity index is 1350. The number of nitrogens with zero attached hydrogens (tertiary/aromatic N) is 1. The van der Waals surface area contributed by atoms with E-state index in [0.717, 1.165) is 43.6 Å². The average molecular weight is 410 g/mol. The summed E-state index contributed by atoms with van der Waals surface area (Å²) in [5.74, 6) is -0.927. The molecular weight excluding hydrogens is 390 g/mol. The molecule has 0 aliphatic rings. The lowest BCUT2D eigenvalue weighted by atomic mass is 9.90. The molecule has 0 unspecified atom stereocenters. The molecule has 0 bridgehead atoms. The number of carboxylic acids is 1. The van der Waals surface area contributed by atoms with Gasteiger partial charge in [-0.15, -0.1) is 11.3 Å². The fourth-order valence-electron chi connectivity index (χ4n) is 4.21. The molecule has 3 nitrogen and oxygen atoms in total. The molecule has 0 fully saturated rings. The molecular formula is C26H19NO2S. The van der Waals surface area contributed by atoms with Crippen molar-refractivity contribution in [1.29, 1.82) is 0 Å². The zero-order valence-electron chi connectivity index (χ0n) is 16.4. The van der Waals surface area contributed by atoms with Crippen LogP contribution in [0.1, 0.15) is 10.5 Å². The van der Waals surface area contributed by atoms with Crippen molar-refractivity contribution >= 4 is 28.2 Å². The summed E-state index contributed by atoms with van der Waals surface area (Å²) in [6.07, 6.45) is 0. The molecule has 0 atom stereocenters. The van der Waals surface area contributed by atoms with Crippen LogP contribution in [0.5, 0.6) is 0 Å². The minimum absolute atomic E-state index is 0.303. The smallest absolute Gasteiger partial charge is 0.353 e. The van der Waals surface area contributed by atoms with Gasteiger partial charge in [-0.25, -0.2) is 4.79 Å². The van der Waals surface area contributed by atoms with Crippen LogP contribution in [0.3, 0.4) is 0 Å². The normalized spacial score (nSPS) is 11.1. The number of aromatic nitrogens is 1. The number of aromatic carboxylic acids is 1. The van der Waals surface area contributed by atoms with Crippen molar-refractivity contribution in [2.24, 2.45) is 7.05 Å². The van der Waals surface area contributed by atoms with E-state index in [-0.39, 0.29) is 0 Å². The van der Waals surface area contributed by atoms with E-state index in [1.54, 1.807) is 15.9 Å². The summed E-state index contributed by atoms with van der Waals surface area (Å²) in [7, 11) is 1.83. The molecule has 2 heterocycles. The summed E-state index contributed by atoms with van der Waals surface area (Å²) >= 11 is 1.69. The number of benzene rings is 3. The van der Waals surface area contributed by atoms with Gasteiger partial charge in [0.05, 0.1) is 0 Å². The Kier molecular flexibility index (Phi) is 4.49. The predicted molar refractivity (Wildman–Crippen MR) is 124 cm³/mol. The zero-order chi connectivity index (χ0) is 20.7. The van der Waals surface area contributed by atoms with Gasteiger partial charge in [0.2, 0.25) is 0 Å². The minimum Gasteiger partial charge on any atom is -0.477 e. The second kappa shape index (κ2) is 7.32. The zero-order valence-corrected chi connectivity index (χ0v) is 17.2. The quantitative estimate of drug-likeness (QED) is 0.349. The highest BCUT2D eigenvalue weighted by molar-refractivity contribution is 7.13. The number of fused-ring (bicyclic) bond motifs is 1. The van der Waals surface area contributed by atoms with E-state index in [1.165, 1.54) is 0 Å². The SMILES string of the molecule is Cn1c(C(=O)O)c(-c2ccccc2)c2c(-c3ccccc3)c(-c3cccs3)ccc21. The molecule has 3 aromatic carbocycles. The molecule has 4 heteroatoms. The second-order valence-electron chi connectivity index (χ2n) is 7.18. The van der Waals surface area contributed by atoms with Crippen LogP contribution in [-0.4, -0.2) is 15.6 Å². The largest absolute Gasteiger partial charge is 0.477 e. The fraction of sp³-hybridized carbons (Fsp3) is 0.0385. The van der Waals surface area contributed by atoms with Gasteiger partial charge in [-0.2, -0.15) is 0 Å². The standard InChI is InChI=1S/C26H19NO2S/c1-27-20-15-14-19(21-13-8-16-30-21)22(17-9-4-2-5-10-17)24(20)23(25(27)26(28)29)18-11-6-3-7-12-18/h2-16H,1H3,(H,28,29). The third kappa shape index (κ3) is 2.85. The molecule has 1 N–H and O–H groups in total. The van der Waals surface area contributed by atoms with Crippen LogP contribution in [0.25, 0.3) is 43.6 Å². The van der Waals surface area contributed by atoms with E-state index < -0.39 is 5.97 Å². The van der Waals surface area contributed by atoms with E-state index in [4.69, 9.17) is 0 Å². The van der Waals surface area contributed by atoms with Gasteiger partial charge in [0.15, 0.2) is 0 Å². The first-order valence-corrected chi connectivity index (χ1v) is 10.6. The van der Waals surface area contributed by atoms with Gasteiger partial charge in [-0.05, 0) is 28.6 Å². The lowest BCUT2D eigenvalue weighted by Gasteiger charge is -2.13. The van der Waals surface area contributed by atoms with Crippen LogP contribution in [-0.2, 0) is 7.05 Å². The maximum absolute atomic E-state index is 12.3. The number of hydrogen-bond acceptors (Lipinski definition) is 2. The van der Waals surface area contributed by atoms with Crippen molar-refractivity contribution in [1.82, 2.24) is 4.57 Å². The molecule has 0 radical (unpaired) electrons. The summed E-state index contributed by atoms with van der Waals surface area (Å²) in [5.41, 5.74) is 6.13. The maximum Gasteiger partial charge on any atom is 0.353 e.